The molecule has 0 aliphatic carbocycles. The summed E-state index contributed by atoms with van der Waals surface area (Å²) in [6.45, 7) is 0. The van der Waals surface area contributed by atoms with Gasteiger partial charge in [-0.1, -0.05) is 0 Å². The van der Waals surface area contributed by atoms with Gasteiger partial charge >= 0.3 is 42.0 Å². The van der Waals surface area contributed by atoms with E-state index in [2.05, 4.69) is 0 Å². The third-order valence-electron chi connectivity index (χ3n) is 3.80. The van der Waals surface area contributed by atoms with E-state index in [4.69, 9.17) is 0 Å². The standard InChI is InChI=1S/C13F20/c14-3-1(2(8(20,21)22)4(15)6(17)5(3)16)7(18,19)9(23,24)10(25,26)11(27,28)12(29,30)13(31,32)33. The molecule has 0 heterocycles. The van der Waals surface area contributed by atoms with Crippen molar-refractivity contribution in [3.05, 3.63) is 34.4 Å². The number of alkyl halides is 16. The quantitative estimate of drug-likeness (QED) is 0.208. The number of rotatable bonds is 5. The molecule has 0 saturated heterocycles. The summed E-state index contributed by atoms with van der Waals surface area (Å²) in [4.78, 5) is 0. The molecule has 0 aliphatic rings. The highest BCUT2D eigenvalue weighted by Crippen LogP contribution is 2.63. The maximum Gasteiger partial charge on any atom is 0.460 e. The molecule has 1 aromatic carbocycles. The van der Waals surface area contributed by atoms with Crippen LogP contribution in [0.1, 0.15) is 11.1 Å². The van der Waals surface area contributed by atoms with Crippen molar-refractivity contribution in [3.63, 3.8) is 0 Å². The molecule has 33 heavy (non-hydrogen) atoms. The van der Waals surface area contributed by atoms with Crippen molar-refractivity contribution in [2.24, 2.45) is 0 Å². The van der Waals surface area contributed by atoms with E-state index < -0.39 is 76.4 Å². The zero-order valence-corrected chi connectivity index (χ0v) is 14.1. The summed E-state index contributed by atoms with van der Waals surface area (Å²) in [6.07, 6.45) is -14.9. The molecule has 1 rings (SSSR count). The molecule has 0 radical (unpaired) electrons. The fourth-order valence-electron chi connectivity index (χ4n) is 2.12. The Labute approximate surface area is 165 Å². The zero-order valence-electron chi connectivity index (χ0n) is 14.1. The Morgan fingerprint density at radius 3 is 0.939 bits per heavy atom. The average Bonchev–Trinajstić information content (AvgIpc) is 2.59. The smallest absolute Gasteiger partial charge is 0.203 e. The molecule has 0 bridgehead atoms. The van der Waals surface area contributed by atoms with Crippen LogP contribution in [0, 0.1) is 23.3 Å². The van der Waals surface area contributed by atoms with Crippen LogP contribution in [-0.4, -0.2) is 29.9 Å². The van der Waals surface area contributed by atoms with Gasteiger partial charge in [0.05, 0.1) is 5.56 Å². The molecule has 0 amide bonds. The van der Waals surface area contributed by atoms with E-state index in [1.807, 2.05) is 0 Å². The lowest BCUT2D eigenvalue weighted by Crippen LogP contribution is -2.69. The van der Waals surface area contributed by atoms with Gasteiger partial charge in [0.25, 0.3) is 0 Å². The summed E-state index contributed by atoms with van der Waals surface area (Å²) >= 11 is 0. The molecular weight excluding hydrogens is 536 g/mol. The van der Waals surface area contributed by atoms with E-state index >= 15 is 0 Å². The predicted octanol–water partition coefficient (Wildman–Crippen LogP) is 7.46. The van der Waals surface area contributed by atoms with Crippen molar-refractivity contribution in [2.75, 3.05) is 0 Å². The minimum absolute atomic E-state index is 3.65. The third kappa shape index (κ3) is 3.71. The number of hydrogen-bond donors (Lipinski definition) is 0. The van der Waals surface area contributed by atoms with Crippen LogP contribution in [-0.2, 0) is 12.1 Å². The van der Waals surface area contributed by atoms with Crippen molar-refractivity contribution >= 4 is 0 Å². The fourth-order valence-corrected chi connectivity index (χ4v) is 2.12. The van der Waals surface area contributed by atoms with Crippen LogP contribution in [0.5, 0.6) is 0 Å². The van der Waals surface area contributed by atoms with Gasteiger partial charge in [-0.15, -0.1) is 0 Å². The molecule has 0 aliphatic heterocycles. The first-order valence-electron chi connectivity index (χ1n) is 7.03. The second kappa shape index (κ2) is 7.41. The lowest BCUT2D eigenvalue weighted by Gasteiger charge is -2.40. The van der Waals surface area contributed by atoms with Gasteiger partial charge in [-0.2, -0.15) is 70.2 Å². The van der Waals surface area contributed by atoms with Crippen LogP contribution in [0.4, 0.5) is 87.8 Å². The van der Waals surface area contributed by atoms with E-state index in [0.29, 0.717) is 0 Å². The van der Waals surface area contributed by atoms with E-state index in [0.717, 1.165) is 0 Å². The molecule has 0 spiro atoms. The monoisotopic (exact) mass is 536 g/mol. The summed E-state index contributed by atoms with van der Waals surface area (Å²) < 4.78 is 260. The minimum atomic E-state index is -8.70. The summed E-state index contributed by atoms with van der Waals surface area (Å²) in [6, 6.07) is 0. The highest BCUT2D eigenvalue weighted by molar-refractivity contribution is 5.39. The minimum Gasteiger partial charge on any atom is -0.203 e. The molecule has 0 fully saturated rings. The molecule has 0 nitrogen and oxygen atoms in total. The zero-order chi connectivity index (χ0) is 27.0. The Hall–Kier alpha value is -2.18. The van der Waals surface area contributed by atoms with E-state index in [9.17, 15) is 87.8 Å². The van der Waals surface area contributed by atoms with Crippen molar-refractivity contribution < 1.29 is 87.8 Å². The lowest BCUT2D eigenvalue weighted by atomic mass is 9.87. The van der Waals surface area contributed by atoms with Gasteiger partial charge in [0, 0.05) is 0 Å². The average molecular weight is 536 g/mol. The molecule has 192 valence electrons. The van der Waals surface area contributed by atoms with E-state index in [-0.39, 0.29) is 0 Å². The molecule has 20 heteroatoms. The molecule has 1 aromatic rings. The van der Waals surface area contributed by atoms with Crippen LogP contribution < -0.4 is 0 Å². The first-order chi connectivity index (χ1) is 14.1. The summed E-state index contributed by atoms with van der Waals surface area (Å²) in [5, 5.41) is 0. The summed E-state index contributed by atoms with van der Waals surface area (Å²) in [5.41, 5.74) is -8.94. The summed E-state index contributed by atoms with van der Waals surface area (Å²) in [7, 11) is 0. The van der Waals surface area contributed by atoms with Crippen molar-refractivity contribution in [3.8, 4) is 0 Å². The Morgan fingerprint density at radius 1 is 0.333 bits per heavy atom. The Morgan fingerprint density at radius 2 is 0.636 bits per heavy atom. The molecule has 0 aromatic heterocycles. The second-order valence-corrected chi connectivity index (χ2v) is 5.87. The highest BCUT2D eigenvalue weighted by Gasteiger charge is 2.91. The maximum atomic E-state index is 13.9. The normalized spacial score (nSPS) is 15.3. The van der Waals surface area contributed by atoms with Crippen molar-refractivity contribution in [2.45, 2.75) is 42.0 Å². The second-order valence-electron chi connectivity index (χ2n) is 5.87. The van der Waals surface area contributed by atoms with E-state index in [1.54, 1.807) is 0 Å². The molecule has 0 atom stereocenters. The first-order valence-corrected chi connectivity index (χ1v) is 7.03. The van der Waals surface area contributed by atoms with Crippen LogP contribution >= 0.6 is 0 Å². The molecular formula is C13F20. The van der Waals surface area contributed by atoms with Gasteiger partial charge in [0.1, 0.15) is 5.56 Å². The van der Waals surface area contributed by atoms with E-state index in [1.165, 1.54) is 0 Å². The van der Waals surface area contributed by atoms with Gasteiger partial charge < -0.3 is 0 Å². The van der Waals surface area contributed by atoms with Crippen molar-refractivity contribution in [1.29, 1.82) is 0 Å². The van der Waals surface area contributed by atoms with Crippen LogP contribution in [0.25, 0.3) is 0 Å². The summed E-state index contributed by atoms with van der Waals surface area (Å²) in [5.74, 6) is -57.8. The molecule has 0 saturated carbocycles. The van der Waals surface area contributed by atoms with Gasteiger partial charge in [-0.05, 0) is 0 Å². The molecule has 0 unspecified atom stereocenters. The topological polar surface area (TPSA) is 0 Å². The van der Waals surface area contributed by atoms with Crippen LogP contribution in [0.3, 0.4) is 0 Å². The predicted molar refractivity (Wildman–Crippen MR) is 61.0 cm³/mol. The fraction of sp³-hybridized carbons (Fsp3) is 0.538. The highest BCUT2D eigenvalue weighted by atomic mass is 19.4. The Bertz CT molecular complexity index is 916. The van der Waals surface area contributed by atoms with Gasteiger partial charge in [0.2, 0.25) is 0 Å². The number of benzene rings is 1. The number of hydrogen-bond acceptors (Lipinski definition) is 0. The third-order valence-corrected chi connectivity index (χ3v) is 3.80. The lowest BCUT2D eigenvalue weighted by molar-refractivity contribution is -0.442. The molecule has 0 N–H and O–H groups in total. The number of halogens is 20. The van der Waals surface area contributed by atoms with Crippen LogP contribution in [0.2, 0.25) is 0 Å². The van der Waals surface area contributed by atoms with Crippen LogP contribution in [0.15, 0.2) is 0 Å². The van der Waals surface area contributed by atoms with Gasteiger partial charge in [-0.3, -0.25) is 0 Å². The first kappa shape index (κ1) is 28.9. The van der Waals surface area contributed by atoms with Gasteiger partial charge in [0.15, 0.2) is 23.3 Å². The SMILES string of the molecule is Fc1c(F)c(F)c(C(F)(F)C(F)(F)C(F)(F)C(F)(F)C(F)(F)C(F)(F)F)c(C(F)(F)F)c1F. The Kier molecular flexibility index (Phi) is 6.48. The largest absolute Gasteiger partial charge is 0.460 e. The Balaban J connectivity index is 4.08. The maximum absolute atomic E-state index is 13.9. The van der Waals surface area contributed by atoms with Crippen molar-refractivity contribution in [1.82, 2.24) is 0 Å². The van der Waals surface area contributed by atoms with Gasteiger partial charge in [-0.25, -0.2) is 17.6 Å².